The van der Waals surface area contributed by atoms with E-state index >= 15 is 0 Å². The number of rotatable bonds is 5. The van der Waals surface area contributed by atoms with Gasteiger partial charge >= 0.3 is 6.03 Å². The maximum absolute atomic E-state index is 12.4. The number of hydrogen-bond acceptors (Lipinski definition) is 3. The van der Waals surface area contributed by atoms with E-state index in [0.717, 1.165) is 56.3 Å². The molecule has 132 valence electrons. The molecule has 2 fully saturated rings. The Kier molecular flexibility index (Phi) is 4.68. The normalized spacial score (nSPS) is 18.3. The van der Waals surface area contributed by atoms with Crippen molar-refractivity contribution in [2.24, 2.45) is 11.8 Å². The molecule has 0 radical (unpaired) electrons. The molecule has 0 atom stereocenters. The molecule has 1 saturated carbocycles. The molecule has 2 aromatic rings. The number of para-hydroxylation sites is 1. The van der Waals surface area contributed by atoms with Crippen molar-refractivity contribution >= 4 is 11.7 Å². The number of nitrogens with zero attached hydrogens (tertiary/aromatic N) is 4. The number of amides is 2. The topological polar surface area (TPSA) is 63.1 Å². The van der Waals surface area contributed by atoms with Gasteiger partial charge in [-0.05, 0) is 49.7 Å². The molecule has 25 heavy (non-hydrogen) atoms. The van der Waals surface area contributed by atoms with E-state index in [9.17, 15) is 4.79 Å². The highest BCUT2D eigenvalue weighted by Gasteiger charge is 2.26. The zero-order valence-electron chi connectivity index (χ0n) is 14.5. The summed E-state index contributed by atoms with van der Waals surface area (Å²) in [5, 5.41) is 11.4. The van der Waals surface area contributed by atoms with Crippen molar-refractivity contribution in [3.63, 3.8) is 0 Å². The molecular formula is C19H25N5O. The minimum Gasteiger partial charge on any atom is -0.325 e. The number of likely N-dealkylation sites (tertiary alicyclic amines) is 1. The van der Waals surface area contributed by atoms with Crippen LogP contribution in [0.5, 0.6) is 0 Å². The lowest BCUT2D eigenvalue weighted by atomic mass is 9.93. The zero-order valence-corrected chi connectivity index (χ0v) is 14.5. The lowest BCUT2D eigenvalue weighted by molar-refractivity contribution is 0.181. The van der Waals surface area contributed by atoms with Crippen molar-refractivity contribution in [3.05, 3.63) is 42.5 Å². The van der Waals surface area contributed by atoms with Crippen molar-refractivity contribution < 1.29 is 4.79 Å². The summed E-state index contributed by atoms with van der Waals surface area (Å²) in [6.45, 7) is 2.68. The SMILES string of the molecule is O=C(Nc1ccccc1)N1CCC(Cc2nncn2CC2CC2)CC1. The van der Waals surface area contributed by atoms with Gasteiger partial charge in [0.2, 0.25) is 0 Å². The second kappa shape index (κ2) is 7.25. The number of carbonyl (C=O) groups is 1. The van der Waals surface area contributed by atoms with Gasteiger partial charge in [-0.1, -0.05) is 18.2 Å². The van der Waals surface area contributed by atoms with Gasteiger partial charge in [0.25, 0.3) is 0 Å². The number of hydrogen-bond donors (Lipinski definition) is 1. The fourth-order valence-corrected chi connectivity index (χ4v) is 3.49. The lowest BCUT2D eigenvalue weighted by Gasteiger charge is -2.31. The van der Waals surface area contributed by atoms with Gasteiger partial charge in [0, 0.05) is 31.7 Å². The Bertz CT molecular complexity index is 702. The third-order valence-electron chi connectivity index (χ3n) is 5.25. The van der Waals surface area contributed by atoms with Gasteiger partial charge in [-0.2, -0.15) is 0 Å². The largest absolute Gasteiger partial charge is 0.325 e. The number of carbonyl (C=O) groups excluding carboxylic acids is 1. The molecule has 0 spiro atoms. The van der Waals surface area contributed by atoms with E-state index in [1.165, 1.54) is 12.8 Å². The average molecular weight is 339 g/mol. The number of aromatic nitrogens is 3. The van der Waals surface area contributed by atoms with E-state index < -0.39 is 0 Å². The Labute approximate surface area is 148 Å². The lowest BCUT2D eigenvalue weighted by Crippen LogP contribution is -2.41. The smallest absolute Gasteiger partial charge is 0.321 e. The molecule has 1 N–H and O–H groups in total. The summed E-state index contributed by atoms with van der Waals surface area (Å²) in [6.07, 6.45) is 7.58. The molecule has 6 nitrogen and oxygen atoms in total. The summed E-state index contributed by atoms with van der Waals surface area (Å²) in [6, 6.07) is 9.64. The first kappa shape index (κ1) is 16.1. The number of nitrogens with one attached hydrogen (secondary N) is 1. The van der Waals surface area contributed by atoms with Crippen LogP contribution in [0, 0.1) is 11.8 Å². The Morgan fingerprint density at radius 2 is 1.84 bits per heavy atom. The Balaban J connectivity index is 1.27. The second-order valence-corrected chi connectivity index (χ2v) is 7.27. The Morgan fingerprint density at radius 3 is 2.56 bits per heavy atom. The van der Waals surface area contributed by atoms with Crippen molar-refractivity contribution in [1.82, 2.24) is 19.7 Å². The molecule has 1 saturated heterocycles. The van der Waals surface area contributed by atoms with E-state index in [1.807, 2.05) is 41.6 Å². The molecule has 2 amide bonds. The third kappa shape index (κ3) is 4.18. The molecular weight excluding hydrogens is 314 g/mol. The summed E-state index contributed by atoms with van der Waals surface area (Å²) in [7, 11) is 0. The van der Waals surface area contributed by atoms with Crippen LogP contribution in [0.25, 0.3) is 0 Å². The summed E-state index contributed by atoms with van der Waals surface area (Å²) in [5.74, 6) is 2.53. The van der Waals surface area contributed by atoms with Crippen LogP contribution in [0.15, 0.2) is 36.7 Å². The molecule has 1 aromatic heterocycles. The van der Waals surface area contributed by atoms with E-state index in [4.69, 9.17) is 0 Å². The standard InChI is InChI=1S/C19H25N5O/c25-19(21-17-4-2-1-3-5-17)23-10-8-15(9-11-23)12-18-22-20-14-24(18)13-16-6-7-16/h1-5,14-16H,6-13H2,(H,21,25). The zero-order chi connectivity index (χ0) is 17.1. The average Bonchev–Trinajstić information content (AvgIpc) is 3.35. The maximum Gasteiger partial charge on any atom is 0.321 e. The minimum absolute atomic E-state index is 0.00144. The first-order valence-corrected chi connectivity index (χ1v) is 9.25. The molecule has 6 heteroatoms. The molecule has 1 aliphatic heterocycles. The molecule has 2 aliphatic rings. The van der Waals surface area contributed by atoms with Crippen LogP contribution in [0.4, 0.5) is 10.5 Å². The van der Waals surface area contributed by atoms with Crippen molar-refractivity contribution in [1.29, 1.82) is 0 Å². The van der Waals surface area contributed by atoms with Crippen molar-refractivity contribution in [3.8, 4) is 0 Å². The monoisotopic (exact) mass is 339 g/mol. The summed E-state index contributed by atoms with van der Waals surface area (Å²) >= 11 is 0. The number of piperidine rings is 1. The van der Waals surface area contributed by atoms with Gasteiger partial charge in [-0.3, -0.25) is 0 Å². The summed E-state index contributed by atoms with van der Waals surface area (Å²) in [5.41, 5.74) is 0.850. The Hall–Kier alpha value is -2.37. The first-order chi connectivity index (χ1) is 12.3. The third-order valence-corrected chi connectivity index (χ3v) is 5.25. The number of benzene rings is 1. The highest BCUT2D eigenvalue weighted by Crippen LogP contribution is 2.31. The van der Waals surface area contributed by atoms with Crippen LogP contribution in [0.1, 0.15) is 31.5 Å². The van der Waals surface area contributed by atoms with Crippen LogP contribution >= 0.6 is 0 Å². The van der Waals surface area contributed by atoms with Gasteiger partial charge in [-0.15, -0.1) is 10.2 Å². The molecule has 1 aromatic carbocycles. The van der Waals surface area contributed by atoms with Gasteiger partial charge in [-0.25, -0.2) is 4.79 Å². The van der Waals surface area contributed by atoms with Gasteiger partial charge in [0.05, 0.1) is 0 Å². The van der Waals surface area contributed by atoms with Crippen molar-refractivity contribution in [2.75, 3.05) is 18.4 Å². The maximum atomic E-state index is 12.4. The minimum atomic E-state index is 0.00144. The molecule has 2 heterocycles. The number of urea groups is 1. The molecule has 1 aliphatic carbocycles. The first-order valence-electron chi connectivity index (χ1n) is 9.25. The molecule has 0 bridgehead atoms. The van der Waals surface area contributed by atoms with Crippen LogP contribution in [-0.4, -0.2) is 38.8 Å². The predicted octanol–water partition coefficient (Wildman–Crippen LogP) is 3.17. The van der Waals surface area contributed by atoms with Gasteiger partial charge < -0.3 is 14.8 Å². The van der Waals surface area contributed by atoms with Gasteiger partial charge in [0.15, 0.2) is 0 Å². The van der Waals surface area contributed by atoms with Gasteiger partial charge in [0.1, 0.15) is 12.2 Å². The predicted molar refractivity (Wildman–Crippen MR) is 96.2 cm³/mol. The van der Waals surface area contributed by atoms with E-state index in [1.54, 1.807) is 0 Å². The van der Waals surface area contributed by atoms with E-state index in [2.05, 4.69) is 20.1 Å². The summed E-state index contributed by atoms with van der Waals surface area (Å²) < 4.78 is 2.23. The second-order valence-electron chi connectivity index (χ2n) is 7.27. The van der Waals surface area contributed by atoms with E-state index in [-0.39, 0.29) is 6.03 Å². The highest BCUT2D eigenvalue weighted by atomic mass is 16.2. The fourth-order valence-electron chi connectivity index (χ4n) is 3.49. The number of anilines is 1. The van der Waals surface area contributed by atoms with Crippen LogP contribution in [0.3, 0.4) is 0 Å². The fraction of sp³-hybridized carbons (Fsp3) is 0.526. The van der Waals surface area contributed by atoms with E-state index in [0.29, 0.717) is 5.92 Å². The molecule has 0 unspecified atom stereocenters. The van der Waals surface area contributed by atoms with Crippen LogP contribution in [-0.2, 0) is 13.0 Å². The quantitative estimate of drug-likeness (QED) is 0.910. The Morgan fingerprint density at radius 1 is 1.08 bits per heavy atom. The molecule has 4 rings (SSSR count). The highest BCUT2D eigenvalue weighted by molar-refractivity contribution is 5.89. The van der Waals surface area contributed by atoms with Crippen molar-refractivity contribution in [2.45, 2.75) is 38.6 Å². The van der Waals surface area contributed by atoms with Crippen LogP contribution < -0.4 is 5.32 Å². The van der Waals surface area contributed by atoms with Crippen LogP contribution in [0.2, 0.25) is 0 Å². The summed E-state index contributed by atoms with van der Waals surface area (Å²) in [4.78, 5) is 14.3.